The third-order valence-corrected chi connectivity index (χ3v) is 10.8. The van der Waals surface area contributed by atoms with E-state index in [9.17, 15) is 0 Å². The maximum Gasteiger partial charge on any atom is 0.164 e. The molecule has 0 atom stereocenters. The van der Waals surface area contributed by atoms with Crippen LogP contribution < -0.4 is 0 Å². The van der Waals surface area contributed by atoms with Crippen LogP contribution in [0, 0.1) is 0 Å². The van der Waals surface area contributed by atoms with Crippen molar-refractivity contribution in [2.24, 2.45) is 0 Å². The minimum Gasteiger partial charge on any atom is -0.455 e. The number of fused-ring (bicyclic) bond motifs is 6. The Morgan fingerprint density at radius 1 is 0.400 bits per heavy atom. The van der Waals surface area contributed by atoms with Crippen LogP contribution in [0.25, 0.3) is 98.3 Å². The smallest absolute Gasteiger partial charge is 0.164 e. The van der Waals surface area contributed by atoms with Gasteiger partial charge in [-0.1, -0.05) is 146 Å². The van der Waals surface area contributed by atoms with E-state index in [1.54, 1.807) is 0 Å². The minimum atomic E-state index is 0.633. The summed E-state index contributed by atoms with van der Waals surface area (Å²) in [5, 5.41) is 4.75. The highest BCUT2D eigenvalue weighted by atomic mass is 32.1. The van der Waals surface area contributed by atoms with Crippen molar-refractivity contribution in [1.82, 2.24) is 9.97 Å². The Morgan fingerprint density at radius 3 is 1.72 bits per heavy atom. The summed E-state index contributed by atoms with van der Waals surface area (Å²) in [7, 11) is 0. The van der Waals surface area contributed by atoms with Crippen molar-refractivity contribution in [2.75, 3.05) is 0 Å². The number of hydrogen-bond acceptors (Lipinski definition) is 4. The van der Waals surface area contributed by atoms with E-state index >= 15 is 0 Å². The van der Waals surface area contributed by atoms with Crippen LogP contribution in [-0.2, 0) is 0 Å². The zero-order chi connectivity index (χ0) is 33.0. The summed E-state index contributed by atoms with van der Waals surface area (Å²) in [6, 6.07) is 59.6. The number of nitrogens with zero attached hydrogens (tertiary/aromatic N) is 2. The van der Waals surface area contributed by atoms with Gasteiger partial charge in [0.2, 0.25) is 0 Å². The molecule has 0 unspecified atom stereocenters. The normalized spacial score (nSPS) is 11.6. The molecule has 10 aromatic rings. The van der Waals surface area contributed by atoms with Crippen LogP contribution in [0.5, 0.6) is 0 Å². The van der Waals surface area contributed by atoms with Gasteiger partial charge in [0, 0.05) is 42.1 Å². The van der Waals surface area contributed by atoms with Crippen LogP contribution in [0.3, 0.4) is 0 Å². The lowest BCUT2D eigenvalue weighted by molar-refractivity contribution is 0.669. The van der Waals surface area contributed by atoms with Gasteiger partial charge < -0.3 is 4.42 Å². The fraction of sp³-hybridized carbons (Fsp3) is 0. The fourth-order valence-electron chi connectivity index (χ4n) is 7.05. The molecule has 0 aliphatic heterocycles. The topological polar surface area (TPSA) is 38.9 Å². The molecule has 0 fully saturated rings. The highest BCUT2D eigenvalue weighted by molar-refractivity contribution is 7.26. The maximum atomic E-state index is 6.44. The van der Waals surface area contributed by atoms with Crippen LogP contribution in [0.4, 0.5) is 0 Å². The second-order valence-electron chi connectivity index (χ2n) is 12.5. The Bertz CT molecular complexity index is 2850. The third kappa shape index (κ3) is 4.80. The number of hydrogen-bond donors (Lipinski definition) is 0. The number of rotatable bonds is 5. The van der Waals surface area contributed by atoms with Gasteiger partial charge in [-0.25, -0.2) is 9.97 Å². The largest absolute Gasteiger partial charge is 0.455 e. The van der Waals surface area contributed by atoms with Gasteiger partial charge in [-0.15, -0.1) is 11.3 Å². The summed E-state index contributed by atoms with van der Waals surface area (Å²) in [6.45, 7) is 0. The van der Waals surface area contributed by atoms with Gasteiger partial charge in [0.15, 0.2) is 5.82 Å². The van der Waals surface area contributed by atoms with Gasteiger partial charge in [0.25, 0.3) is 0 Å². The molecule has 0 radical (unpaired) electrons. The molecule has 234 valence electrons. The predicted octanol–water partition coefficient (Wildman–Crippen LogP) is 13.1. The Morgan fingerprint density at radius 2 is 0.960 bits per heavy atom. The van der Waals surface area contributed by atoms with E-state index < -0.39 is 0 Å². The number of furan rings is 1. The molecule has 0 N–H and O–H groups in total. The van der Waals surface area contributed by atoms with E-state index in [0.717, 1.165) is 50.0 Å². The van der Waals surface area contributed by atoms with Gasteiger partial charge in [-0.05, 0) is 46.5 Å². The van der Waals surface area contributed by atoms with Crippen LogP contribution in [0.15, 0.2) is 174 Å². The van der Waals surface area contributed by atoms with Crippen molar-refractivity contribution in [1.29, 1.82) is 0 Å². The monoisotopic (exact) mass is 656 g/mol. The average molecular weight is 657 g/mol. The van der Waals surface area contributed by atoms with Gasteiger partial charge >= 0.3 is 0 Å². The zero-order valence-corrected chi connectivity index (χ0v) is 27.7. The molecule has 0 saturated heterocycles. The molecule has 10 rings (SSSR count). The number of aromatic nitrogens is 2. The van der Waals surface area contributed by atoms with Crippen LogP contribution >= 0.6 is 11.3 Å². The second kappa shape index (κ2) is 11.7. The first kappa shape index (κ1) is 28.6. The van der Waals surface area contributed by atoms with E-state index in [2.05, 4.69) is 146 Å². The number of benzene rings is 7. The predicted molar refractivity (Wildman–Crippen MR) is 209 cm³/mol. The molecule has 0 saturated carbocycles. The molecular formula is C46H28N2OS. The molecule has 3 heterocycles. The van der Waals surface area contributed by atoms with E-state index in [0.29, 0.717) is 5.82 Å². The SMILES string of the molecule is c1ccc(-c2ccc(-c3cc(-c4ccc(-c5cccc6c5sc5ccccc56)cc4)nc(-c4cccc5c4oc4ccccc45)n3)cc2)cc1. The lowest BCUT2D eigenvalue weighted by Crippen LogP contribution is -1.96. The lowest BCUT2D eigenvalue weighted by atomic mass is 9.99. The summed E-state index contributed by atoms with van der Waals surface area (Å²) < 4.78 is 9.06. The van der Waals surface area contributed by atoms with Crippen LogP contribution in [0.1, 0.15) is 0 Å². The molecule has 50 heavy (non-hydrogen) atoms. The molecular weight excluding hydrogens is 629 g/mol. The highest BCUT2D eigenvalue weighted by Gasteiger charge is 2.17. The van der Waals surface area contributed by atoms with Gasteiger partial charge in [0.05, 0.1) is 17.0 Å². The van der Waals surface area contributed by atoms with Crippen molar-refractivity contribution in [3.8, 4) is 56.2 Å². The zero-order valence-electron chi connectivity index (χ0n) is 26.9. The van der Waals surface area contributed by atoms with Crippen molar-refractivity contribution in [3.63, 3.8) is 0 Å². The molecule has 4 heteroatoms. The molecule has 0 aliphatic carbocycles. The van der Waals surface area contributed by atoms with Gasteiger partial charge in [0.1, 0.15) is 11.2 Å². The molecule has 0 aliphatic rings. The molecule has 0 bridgehead atoms. The number of thiophene rings is 1. The molecule has 0 spiro atoms. The van der Waals surface area contributed by atoms with Crippen molar-refractivity contribution >= 4 is 53.4 Å². The first-order valence-electron chi connectivity index (χ1n) is 16.7. The Hall–Kier alpha value is -6.36. The van der Waals surface area contributed by atoms with Crippen molar-refractivity contribution in [3.05, 3.63) is 170 Å². The number of para-hydroxylation sites is 2. The van der Waals surface area contributed by atoms with E-state index in [-0.39, 0.29) is 0 Å². The standard InChI is InChI=1S/C46H28N2OS/c1-2-10-29(11-3-1)30-20-24-32(25-21-30)40-28-41(48-46(47-40)39-17-9-15-37-35-12-4-6-18-42(35)49-44(37)39)33-26-22-31(23-27-33)34-14-8-16-38-36-13-5-7-19-43(36)50-45(34)38/h1-28H. The second-order valence-corrected chi connectivity index (χ2v) is 13.6. The van der Waals surface area contributed by atoms with E-state index in [1.807, 2.05) is 35.6 Å². The summed E-state index contributed by atoms with van der Waals surface area (Å²) in [5.74, 6) is 0.633. The van der Waals surface area contributed by atoms with Gasteiger partial charge in [-0.3, -0.25) is 0 Å². The lowest BCUT2D eigenvalue weighted by Gasteiger charge is -2.11. The van der Waals surface area contributed by atoms with Gasteiger partial charge in [-0.2, -0.15) is 0 Å². The van der Waals surface area contributed by atoms with Crippen LogP contribution in [-0.4, -0.2) is 9.97 Å². The van der Waals surface area contributed by atoms with Crippen molar-refractivity contribution in [2.45, 2.75) is 0 Å². The summed E-state index contributed by atoms with van der Waals surface area (Å²) >= 11 is 1.86. The summed E-state index contributed by atoms with van der Waals surface area (Å²) in [6.07, 6.45) is 0. The fourth-order valence-corrected chi connectivity index (χ4v) is 8.28. The molecule has 7 aromatic carbocycles. The quantitative estimate of drug-likeness (QED) is 0.185. The first-order chi connectivity index (χ1) is 24.8. The summed E-state index contributed by atoms with van der Waals surface area (Å²) in [5.41, 5.74) is 11.1. The highest BCUT2D eigenvalue weighted by Crippen LogP contribution is 2.41. The van der Waals surface area contributed by atoms with E-state index in [4.69, 9.17) is 14.4 Å². The summed E-state index contributed by atoms with van der Waals surface area (Å²) in [4.78, 5) is 10.4. The third-order valence-electron chi connectivity index (χ3n) is 9.56. The average Bonchev–Trinajstić information content (AvgIpc) is 3.77. The molecule has 3 nitrogen and oxygen atoms in total. The van der Waals surface area contributed by atoms with Crippen LogP contribution in [0.2, 0.25) is 0 Å². The Kier molecular flexibility index (Phi) is 6.68. The van der Waals surface area contributed by atoms with Crippen molar-refractivity contribution < 1.29 is 4.42 Å². The Balaban J connectivity index is 1.11. The maximum absolute atomic E-state index is 6.44. The van der Waals surface area contributed by atoms with E-state index in [1.165, 1.54) is 42.4 Å². The minimum absolute atomic E-state index is 0.633. The Labute approximate surface area is 292 Å². The molecule has 3 aromatic heterocycles. The first-order valence-corrected chi connectivity index (χ1v) is 17.6. The molecule has 0 amide bonds.